The summed E-state index contributed by atoms with van der Waals surface area (Å²) in [5.41, 5.74) is -1.10. The summed E-state index contributed by atoms with van der Waals surface area (Å²) in [5.74, 6) is 1.41. The van der Waals surface area contributed by atoms with Gasteiger partial charge in [-0.2, -0.15) is 0 Å². The number of carbonyl (C=O) groups is 1. The van der Waals surface area contributed by atoms with Gasteiger partial charge in [0, 0.05) is 12.1 Å². The Balaban J connectivity index is 1.58. The number of nitro benzene ring substituents is 2. The number of esters is 1. The number of hydrogen-bond acceptors (Lipinski definition) is 6. The zero-order valence-electron chi connectivity index (χ0n) is 12.1. The van der Waals surface area contributed by atoms with Crippen LogP contribution in [-0.2, 0) is 4.74 Å². The van der Waals surface area contributed by atoms with E-state index in [2.05, 4.69) is 0 Å². The minimum Gasteiger partial charge on any atom is -0.458 e. The standard InChI is InChI=1S/C15H14N2O6/c18-15(23-14-11-2-1-10(11)12-6-13(12)14)7-3-8(16(19)20)5-9(4-7)17(21)22/h3-5,10-14H,1-2,6H2/t10-,11-,12+,13-,14-/m0/s1. The molecule has 8 nitrogen and oxygen atoms in total. The van der Waals surface area contributed by atoms with Gasteiger partial charge in [-0.05, 0) is 42.9 Å². The van der Waals surface area contributed by atoms with E-state index in [1.165, 1.54) is 6.42 Å². The monoisotopic (exact) mass is 318 g/mol. The van der Waals surface area contributed by atoms with Crippen LogP contribution in [0.2, 0.25) is 0 Å². The second-order valence-electron chi connectivity index (χ2n) is 6.59. The molecule has 3 fully saturated rings. The van der Waals surface area contributed by atoms with E-state index in [4.69, 9.17) is 4.74 Å². The summed E-state index contributed by atoms with van der Waals surface area (Å²) >= 11 is 0. The van der Waals surface area contributed by atoms with Crippen LogP contribution in [0.3, 0.4) is 0 Å². The van der Waals surface area contributed by atoms with Gasteiger partial charge in [0.25, 0.3) is 11.4 Å². The summed E-state index contributed by atoms with van der Waals surface area (Å²) in [6, 6.07) is 2.91. The number of nitro groups is 2. The molecule has 0 unspecified atom stereocenters. The van der Waals surface area contributed by atoms with Gasteiger partial charge in [0.15, 0.2) is 0 Å². The van der Waals surface area contributed by atoms with Gasteiger partial charge in [-0.3, -0.25) is 20.2 Å². The van der Waals surface area contributed by atoms with E-state index in [0.29, 0.717) is 23.7 Å². The van der Waals surface area contributed by atoms with E-state index in [9.17, 15) is 25.0 Å². The van der Waals surface area contributed by atoms with Crippen molar-refractivity contribution in [3.63, 3.8) is 0 Å². The van der Waals surface area contributed by atoms with Crippen LogP contribution in [0.15, 0.2) is 18.2 Å². The number of benzene rings is 1. The molecule has 0 aliphatic heterocycles. The molecule has 0 bridgehead atoms. The zero-order chi connectivity index (χ0) is 16.3. The average Bonchev–Trinajstić information content (AvgIpc) is 3.20. The molecule has 0 spiro atoms. The lowest BCUT2D eigenvalue weighted by Gasteiger charge is -2.36. The first-order valence-electron chi connectivity index (χ1n) is 7.60. The molecular weight excluding hydrogens is 304 g/mol. The maximum absolute atomic E-state index is 12.3. The maximum Gasteiger partial charge on any atom is 0.338 e. The Morgan fingerprint density at radius 2 is 1.57 bits per heavy atom. The fraction of sp³-hybridized carbons (Fsp3) is 0.533. The van der Waals surface area contributed by atoms with Crippen molar-refractivity contribution in [1.29, 1.82) is 0 Å². The predicted molar refractivity (Wildman–Crippen MR) is 76.8 cm³/mol. The topological polar surface area (TPSA) is 113 Å². The first kappa shape index (κ1) is 14.1. The van der Waals surface area contributed by atoms with Crippen molar-refractivity contribution in [2.24, 2.45) is 23.7 Å². The average molecular weight is 318 g/mol. The fourth-order valence-corrected chi connectivity index (χ4v) is 4.20. The SMILES string of the molecule is O=C(O[C@H]1[C@H]2CC[C@@H]2[C@H]2C[C@@H]21)c1cc([N+](=O)[O-])cc([N+](=O)[O-])c1. The molecule has 1 aromatic rings. The second-order valence-corrected chi connectivity index (χ2v) is 6.59. The molecule has 0 saturated heterocycles. The molecule has 5 atom stereocenters. The van der Waals surface area contributed by atoms with E-state index in [1.807, 2.05) is 0 Å². The van der Waals surface area contributed by atoms with E-state index >= 15 is 0 Å². The molecule has 3 aliphatic rings. The van der Waals surface area contributed by atoms with Crippen LogP contribution < -0.4 is 0 Å². The van der Waals surface area contributed by atoms with Crippen LogP contribution in [0.5, 0.6) is 0 Å². The van der Waals surface area contributed by atoms with Crippen molar-refractivity contribution < 1.29 is 19.4 Å². The summed E-state index contributed by atoms with van der Waals surface area (Å²) in [5, 5.41) is 21.8. The molecule has 0 amide bonds. The predicted octanol–water partition coefficient (Wildman–Crippen LogP) is 2.70. The summed E-state index contributed by atoms with van der Waals surface area (Å²) in [6.07, 6.45) is 3.17. The van der Waals surface area contributed by atoms with Gasteiger partial charge in [-0.1, -0.05) is 0 Å². The van der Waals surface area contributed by atoms with Crippen molar-refractivity contribution in [1.82, 2.24) is 0 Å². The third-order valence-corrected chi connectivity index (χ3v) is 5.47. The summed E-state index contributed by atoms with van der Waals surface area (Å²) in [4.78, 5) is 32.6. The van der Waals surface area contributed by atoms with Crippen molar-refractivity contribution in [3.05, 3.63) is 44.0 Å². The number of hydrogen-bond donors (Lipinski definition) is 0. The molecular formula is C15H14N2O6. The highest BCUT2D eigenvalue weighted by Crippen LogP contribution is 2.66. The summed E-state index contributed by atoms with van der Waals surface area (Å²) in [6.45, 7) is 0. The molecule has 0 radical (unpaired) electrons. The van der Waals surface area contributed by atoms with Crippen LogP contribution in [0.1, 0.15) is 29.6 Å². The zero-order valence-corrected chi connectivity index (χ0v) is 12.1. The van der Waals surface area contributed by atoms with E-state index in [0.717, 1.165) is 31.0 Å². The van der Waals surface area contributed by atoms with Crippen LogP contribution in [0.25, 0.3) is 0 Å². The van der Waals surface area contributed by atoms with Gasteiger partial charge in [0.05, 0.1) is 21.5 Å². The van der Waals surface area contributed by atoms with Crippen LogP contribution >= 0.6 is 0 Å². The Labute approximate surface area is 130 Å². The largest absolute Gasteiger partial charge is 0.458 e. The number of ether oxygens (including phenoxy) is 1. The minimum absolute atomic E-state index is 0.133. The Hall–Kier alpha value is -2.51. The third-order valence-electron chi connectivity index (χ3n) is 5.47. The highest BCUT2D eigenvalue weighted by molar-refractivity contribution is 5.91. The number of rotatable bonds is 4. The summed E-state index contributed by atoms with van der Waals surface area (Å²) in [7, 11) is 0. The number of non-ortho nitro benzene ring substituents is 2. The van der Waals surface area contributed by atoms with Gasteiger partial charge in [-0.15, -0.1) is 0 Å². The van der Waals surface area contributed by atoms with Gasteiger partial charge in [-0.25, -0.2) is 4.79 Å². The van der Waals surface area contributed by atoms with Crippen molar-refractivity contribution in [2.45, 2.75) is 25.4 Å². The van der Waals surface area contributed by atoms with Gasteiger partial charge in [0.1, 0.15) is 6.10 Å². The second kappa shape index (κ2) is 4.74. The molecule has 4 rings (SSSR count). The van der Waals surface area contributed by atoms with Crippen molar-refractivity contribution in [2.75, 3.05) is 0 Å². The van der Waals surface area contributed by atoms with Gasteiger partial charge < -0.3 is 4.74 Å². The smallest absolute Gasteiger partial charge is 0.338 e. The van der Waals surface area contributed by atoms with E-state index < -0.39 is 27.2 Å². The molecule has 0 heterocycles. The minimum atomic E-state index is -0.752. The molecule has 0 N–H and O–H groups in total. The number of fused-ring (bicyclic) bond motifs is 3. The maximum atomic E-state index is 12.3. The number of carbonyl (C=O) groups excluding carboxylic acids is 1. The molecule has 3 aliphatic carbocycles. The van der Waals surface area contributed by atoms with Crippen LogP contribution in [0.4, 0.5) is 11.4 Å². The Kier molecular flexibility index (Phi) is 2.91. The molecule has 0 aromatic heterocycles. The van der Waals surface area contributed by atoms with Gasteiger partial charge >= 0.3 is 5.97 Å². The summed E-state index contributed by atoms with van der Waals surface area (Å²) < 4.78 is 5.57. The van der Waals surface area contributed by atoms with Gasteiger partial charge in [0.2, 0.25) is 0 Å². The highest BCUT2D eigenvalue weighted by Gasteiger charge is 2.64. The van der Waals surface area contributed by atoms with Crippen LogP contribution in [0, 0.1) is 43.9 Å². The molecule has 3 saturated carbocycles. The van der Waals surface area contributed by atoms with E-state index in [1.54, 1.807) is 0 Å². The fourth-order valence-electron chi connectivity index (χ4n) is 4.20. The van der Waals surface area contributed by atoms with Crippen molar-refractivity contribution in [3.8, 4) is 0 Å². The quantitative estimate of drug-likeness (QED) is 0.479. The lowest BCUT2D eigenvalue weighted by atomic mass is 9.72. The first-order valence-corrected chi connectivity index (χ1v) is 7.60. The Bertz CT molecular complexity index is 700. The van der Waals surface area contributed by atoms with Crippen molar-refractivity contribution >= 4 is 17.3 Å². The van der Waals surface area contributed by atoms with E-state index in [-0.39, 0.29) is 11.7 Å². The number of nitrogens with zero attached hydrogens (tertiary/aromatic N) is 2. The molecule has 23 heavy (non-hydrogen) atoms. The Morgan fingerprint density at radius 1 is 0.957 bits per heavy atom. The molecule has 120 valence electrons. The van der Waals surface area contributed by atoms with Crippen LogP contribution in [-0.4, -0.2) is 21.9 Å². The Morgan fingerprint density at radius 3 is 2.04 bits per heavy atom. The normalized spacial score (nSPS) is 33.1. The molecule has 8 heteroatoms. The highest BCUT2D eigenvalue weighted by atomic mass is 16.6. The third kappa shape index (κ3) is 2.16. The first-order chi connectivity index (χ1) is 11.0. The lowest BCUT2D eigenvalue weighted by Crippen LogP contribution is -2.35. The molecule has 1 aromatic carbocycles. The lowest BCUT2D eigenvalue weighted by molar-refractivity contribution is -0.394.